The highest BCUT2D eigenvalue weighted by Gasteiger charge is 2.28. The Morgan fingerprint density at radius 2 is 1.94 bits per heavy atom. The molecule has 0 spiro atoms. The molecule has 0 heterocycles. The van der Waals surface area contributed by atoms with Gasteiger partial charge in [-0.3, -0.25) is 4.79 Å². The fraction of sp³-hybridized carbons (Fsp3) is 0.846. The van der Waals surface area contributed by atoms with Gasteiger partial charge in [-0.05, 0) is 19.3 Å². The molecule has 1 fully saturated rings. The monoisotopic (exact) mass is 241 g/mol. The molecule has 0 radical (unpaired) electrons. The molecule has 1 unspecified atom stereocenters. The molecule has 1 N–H and O–H groups in total. The van der Waals surface area contributed by atoms with Crippen LogP contribution >= 0.6 is 0 Å². The van der Waals surface area contributed by atoms with Crippen molar-refractivity contribution in [2.24, 2.45) is 5.92 Å². The zero-order chi connectivity index (χ0) is 12.7. The number of hydrogen-bond donors (Lipinski definition) is 1. The fourth-order valence-electron chi connectivity index (χ4n) is 2.45. The van der Waals surface area contributed by atoms with Crippen LogP contribution in [-0.2, 0) is 9.53 Å². The van der Waals surface area contributed by atoms with Gasteiger partial charge in [0.2, 0.25) is 0 Å². The van der Waals surface area contributed by atoms with Gasteiger partial charge in [0.25, 0.3) is 0 Å². The Kier molecular flexibility index (Phi) is 6.01. The molecule has 0 bridgehead atoms. The van der Waals surface area contributed by atoms with Gasteiger partial charge in [-0.2, -0.15) is 0 Å². The Morgan fingerprint density at radius 1 is 1.29 bits per heavy atom. The Morgan fingerprint density at radius 3 is 2.47 bits per heavy atom. The zero-order valence-corrected chi connectivity index (χ0v) is 10.8. The van der Waals surface area contributed by atoms with Gasteiger partial charge in [-0.1, -0.05) is 32.6 Å². The molecule has 1 atom stereocenters. The van der Waals surface area contributed by atoms with Crippen LogP contribution in [0.4, 0.5) is 4.79 Å². The topological polar surface area (TPSA) is 55.4 Å². The van der Waals surface area contributed by atoms with Crippen molar-refractivity contribution in [1.29, 1.82) is 0 Å². The second-order valence-electron chi connectivity index (χ2n) is 4.71. The van der Waals surface area contributed by atoms with Crippen LogP contribution in [0.3, 0.4) is 0 Å². The third-order valence-corrected chi connectivity index (χ3v) is 3.41. The molecule has 1 aliphatic rings. The summed E-state index contributed by atoms with van der Waals surface area (Å²) in [5.74, 6) is 0.328. The number of amides is 1. The highest BCUT2D eigenvalue weighted by atomic mass is 16.5. The van der Waals surface area contributed by atoms with Crippen LogP contribution in [0, 0.1) is 5.92 Å². The molecular formula is C13H23NO3. The molecule has 0 aromatic carbocycles. The Bertz CT molecular complexity index is 259. The van der Waals surface area contributed by atoms with E-state index in [1.165, 1.54) is 13.5 Å². The van der Waals surface area contributed by atoms with Crippen LogP contribution < -0.4 is 5.32 Å². The molecule has 0 aromatic rings. The number of hydrogen-bond acceptors (Lipinski definition) is 3. The summed E-state index contributed by atoms with van der Waals surface area (Å²) in [5.41, 5.74) is 0. The quantitative estimate of drug-likeness (QED) is 0.805. The van der Waals surface area contributed by atoms with Gasteiger partial charge < -0.3 is 10.1 Å². The predicted molar refractivity (Wildman–Crippen MR) is 65.8 cm³/mol. The zero-order valence-electron chi connectivity index (χ0n) is 10.8. The minimum Gasteiger partial charge on any atom is -0.453 e. The highest BCUT2D eigenvalue weighted by molar-refractivity contribution is 5.89. The molecule has 0 aromatic heterocycles. The molecule has 1 aliphatic carbocycles. The van der Waals surface area contributed by atoms with Crippen LogP contribution in [0.15, 0.2) is 0 Å². The number of ether oxygens (including phenoxy) is 1. The maximum atomic E-state index is 12.3. The van der Waals surface area contributed by atoms with Crippen molar-refractivity contribution >= 4 is 11.9 Å². The third kappa shape index (κ3) is 4.36. The SMILES string of the molecule is CCCC(NC(=O)OC)C(=O)C1CCCCC1. The molecule has 17 heavy (non-hydrogen) atoms. The maximum Gasteiger partial charge on any atom is 0.407 e. The van der Waals surface area contributed by atoms with Crippen LogP contribution in [0.25, 0.3) is 0 Å². The standard InChI is InChI=1S/C13H23NO3/c1-3-7-11(14-13(16)17-2)12(15)10-8-5-4-6-9-10/h10-11H,3-9H2,1-2H3,(H,14,16). The fourth-order valence-corrected chi connectivity index (χ4v) is 2.45. The van der Waals surface area contributed by atoms with E-state index in [4.69, 9.17) is 0 Å². The average molecular weight is 241 g/mol. The van der Waals surface area contributed by atoms with Crippen LogP contribution in [0.2, 0.25) is 0 Å². The first-order valence-electron chi connectivity index (χ1n) is 6.57. The lowest BCUT2D eigenvalue weighted by atomic mass is 9.83. The lowest BCUT2D eigenvalue weighted by molar-refractivity contribution is -0.125. The van der Waals surface area contributed by atoms with Crippen molar-refractivity contribution in [2.45, 2.75) is 57.9 Å². The van der Waals surface area contributed by atoms with E-state index < -0.39 is 6.09 Å². The normalized spacial score (nSPS) is 18.5. The molecule has 4 nitrogen and oxygen atoms in total. The summed E-state index contributed by atoms with van der Waals surface area (Å²) >= 11 is 0. The van der Waals surface area contributed by atoms with E-state index in [9.17, 15) is 9.59 Å². The van der Waals surface area contributed by atoms with Gasteiger partial charge >= 0.3 is 6.09 Å². The first kappa shape index (κ1) is 14.0. The summed E-state index contributed by atoms with van der Waals surface area (Å²) in [7, 11) is 1.32. The number of nitrogens with one attached hydrogen (secondary N) is 1. The summed E-state index contributed by atoms with van der Waals surface area (Å²) in [6.07, 6.45) is 6.52. The molecule has 0 saturated heterocycles. The van der Waals surface area contributed by atoms with Crippen molar-refractivity contribution in [3.05, 3.63) is 0 Å². The summed E-state index contributed by atoms with van der Waals surface area (Å²) in [5, 5.41) is 2.65. The van der Waals surface area contributed by atoms with Crippen molar-refractivity contribution in [1.82, 2.24) is 5.32 Å². The van der Waals surface area contributed by atoms with Gasteiger partial charge in [0.15, 0.2) is 5.78 Å². The minimum absolute atomic E-state index is 0.137. The first-order chi connectivity index (χ1) is 8.19. The minimum atomic E-state index is -0.507. The highest BCUT2D eigenvalue weighted by Crippen LogP contribution is 2.26. The lowest BCUT2D eigenvalue weighted by Crippen LogP contribution is -2.43. The second kappa shape index (κ2) is 7.30. The van der Waals surface area contributed by atoms with E-state index in [2.05, 4.69) is 10.1 Å². The summed E-state index contributed by atoms with van der Waals surface area (Å²) in [6.45, 7) is 2.01. The number of carbonyl (C=O) groups excluding carboxylic acids is 2. The van der Waals surface area contributed by atoms with Gasteiger partial charge in [0, 0.05) is 5.92 Å². The second-order valence-corrected chi connectivity index (χ2v) is 4.71. The number of Topliss-reactive ketones (excluding diaryl/α,β-unsaturated/α-hetero) is 1. The van der Waals surface area contributed by atoms with E-state index >= 15 is 0 Å². The molecule has 1 rings (SSSR count). The largest absolute Gasteiger partial charge is 0.453 e. The predicted octanol–water partition coefficient (Wildman–Crippen LogP) is 2.66. The molecule has 0 aliphatic heterocycles. The van der Waals surface area contributed by atoms with Crippen LogP contribution in [-0.4, -0.2) is 25.0 Å². The molecule has 4 heteroatoms. The van der Waals surface area contributed by atoms with Gasteiger partial charge in [0.1, 0.15) is 0 Å². The van der Waals surface area contributed by atoms with E-state index in [0.717, 1.165) is 32.1 Å². The van der Waals surface area contributed by atoms with Gasteiger partial charge in [0.05, 0.1) is 13.2 Å². The van der Waals surface area contributed by atoms with Gasteiger partial charge in [-0.15, -0.1) is 0 Å². The molecular weight excluding hydrogens is 218 g/mol. The van der Waals surface area contributed by atoms with E-state index in [1.54, 1.807) is 0 Å². The summed E-state index contributed by atoms with van der Waals surface area (Å²) in [4.78, 5) is 23.5. The number of carbonyl (C=O) groups is 2. The molecule has 1 amide bonds. The summed E-state index contributed by atoms with van der Waals surface area (Å²) < 4.78 is 4.56. The number of methoxy groups -OCH3 is 1. The van der Waals surface area contributed by atoms with Crippen molar-refractivity contribution < 1.29 is 14.3 Å². The number of rotatable bonds is 5. The Labute approximate surface area is 103 Å². The van der Waals surface area contributed by atoms with Gasteiger partial charge in [-0.25, -0.2) is 4.79 Å². The number of alkyl carbamates (subject to hydrolysis) is 1. The van der Waals surface area contributed by atoms with Crippen LogP contribution in [0.5, 0.6) is 0 Å². The Hall–Kier alpha value is -1.06. The number of ketones is 1. The van der Waals surface area contributed by atoms with E-state index in [1.807, 2.05) is 6.92 Å². The van der Waals surface area contributed by atoms with Crippen molar-refractivity contribution in [3.8, 4) is 0 Å². The average Bonchev–Trinajstić information content (AvgIpc) is 2.38. The summed E-state index contributed by atoms with van der Waals surface area (Å²) in [6, 6.07) is -0.365. The van der Waals surface area contributed by atoms with Crippen molar-refractivity contribution in [2.75, 3.05) is 7.11 Å². The molecule has 1 saturated carbocycles. The van der Waals surface area contributed by atoms with Crippen molar-refractivity contribution in [3.63, 3.8) is 0 Å². The first-order valence-corrected chi connectivity index (χ1v) is 6.57. The lowest BCUT2D eigenvalue weighted by Gasteiger charge is -2.25. The Balaban J connectivity index is 2.55. The van der Waals surface area contributed by atoms with E-state index in [0.29, 0.717) is 6.42 Å². The van der Waals surface area contributed by atoms with Crippen LogP contribution in [0.1, 0.15) is 51.9 Å². The smallest absolute Gasteiger partial charge is 0.407 e. The maximum absolute atomic E-state index is 12.3. The molecule has 98 valence electrons. The third-order valence-electron chi connectivity index (χ3n) is 3.41. The van der Waals surface area contributed by atoms with E-state index in [-0.39, 0.29) is 17.7 Å².